The van der Waals surface area contributed by atoms with Crippen molar-refractivity contribution in [3.8, 4) is 22.3 Å². The van der Waals surface area contributed by atoms with Crippen molar-refractivity contribution in [2.45, 2.75) is 52.6 Å². The van der Waals surface area contributed by atoms with E-state index >= 15 is 0 Å². The standard InChI is InChI=1S/C51H42O2/c1-31-18-23-37(24-19-31)51(46-16-10-8-13-43(46)49(52)53-51)40-27-22-34(4)44(30-40)41-14-11-17-47-48(41)42-12-7-9-15-45(42)50(47,38-25-20-32(2)35(5)28-38)39-26-21-33(3)36(6)29-39/h7-30H,1-6H3. The van der Waals surface area contributed by atoms with Crippen molar-refractivity contribution in [1.82, 2.24) is 0 Å². The fraction of sp³-hybridized carbons (Fsp3) is 0.157. The third-order valence-corrected chi connectivity index (χ3v) is 12.1. The number of fused-ring (bicyclic) bond motifs is 4. The zero-order valence-electron chi connectivity index (χ0n) is 31.2. The van der Waals surface area contributed by atoms with E-state index in [1.807, 2.05) is 24.3 Å². The summed E-state index contributed by atoms with van der Waals surface area (Å²) in [7, 11) is 0. The van der Waals surface area contributed by atoms with Gasteiger partial charge in [0.15, 0.2) is 5.60 Å². The van der Waals surface area contributed by atoms with Gasteiger partial charge in [0.05, 0.1) is 11.0 Å². The van der Waals surface area contributed by atoms with Gasteiger partial charge in [-0.2, -0.15) is 0 Å². The minimum atomic E-state index is -1.08. The monoisotopic (exact) mass is 686 g/mol. The summed E-state index contributed by atoms with van der Waals surface area (Å²) in [6.07, 6.45) is 0. The van der Waals surface area contributed by atoms with E-state index in [0.29, 0.717) is 5.56 Å². The first-order valence-corrected chi connectivity index (χ1v) is 18.5. The molecule has 0 saturated heterocycles. The third kappa shape index (κ3) is 4.68. The van der Waals surface area contributed by atoms with Gasteiger partial charge >= 0.3 is 5.97 Å². The SMILES string of the molecule is Cc1ccc(C2(c3ccc(C)c(-c4cccc5c4-c4ccccc4C5(c4ccc(C)c(C)c4)c4ccc(C)c(C)c4)c3)OC(=O)c3ccccc32)cc1. The van der Waals surface area contributed by atoms with Gasteiger partial charge in [-0.3, -0.25) is 0 Å². The number of cyclic esters (lactones) is 1. The summed E-state index contributed by atoms with van der Waals surface area (Å²) in [6, 6.07) is 52.6. The highest BCUT2D eigenvalue weighted by Crippen LogP contribution is 2.59. The number of hydrogen-bond acceptors (Lipinski definition) is 2. The largest absolute Gasteiger partial charge is 0.441 e. The maximum Gasteiger partial charge on any atom is 0.340 e. The number of carbonyl (C=O) groups excluding carboxylic acids is 1. The number of aryl methyl sites for hydroxylation is 6. The van der Waals surface area contributed by atoms with Gasteiger partial charge in [0.2, 0.25) is 0 Å². The Labute approximate surface area is 312 Å². The van der Waals surface area contributed by atoms with Crippen molar-refractivity contribution in [2.24, 2.45) is 0 Å². The quantitative estimate of drug-likeness (QED) is 0.168. The highest BCUT2D eigenvalue weighted by molar-refractivity contribution is 5.98. The molecule has 2 aliphatic rings. The van der Waals surface area contributed by atoms with E-state index in [1.54, 1.807) is 0 Å². The zero-order valence-corrected chi connectivity index (χ0v) is 31.2. The molecule has 7 aromatic carbocycles. The lowest BCUT2D eigenvalue weighted by molar-refractivity contribution is 0.0251. The smallest absolute Gasteiger partial charge is 0.340 e. The molecule has 53 heavy (non-hydrogen) atoms. The molecular formula is C51H42O2. The van der Waals surface area contributed by atoms with Crippen LogP contribution in [0.3, 0.4) is 0 Å². The highest BCUT2D eigenvalue weighted by Gasteiger charge is 2.50. The van der Waals surface area contributed by atoms with Crippen LogP contribution in [0, 0.1) is 41.5 Å². The summed E-state index contributed by atoms with van der Waals surface area (Å²) in [5.41, 5.74) is 19.1. The first kappa shape index (κ1) is 32.9. The van der Waals surface area contributed by atoms with Gasteiger partial charge in [-0.05, 0) is 126 Å². The van der Waals surface area contributed by atoms with E-state index in [-0.39, 0.29) is 5.97 Å². The Bertz CT molecular complexity index is 2570. The molecule has 0 N–H and O–H groups in total. The predicted molar refractivity (Wildman–Crippen MR) is 216 cm³/mol. The van der Waals surface area contributed by atoms with Crippen LogP contribution >= 0.6 is 0 Å². The van der Waals surface area contributed by atoms with Gasteiger partial charge in [0, 0.05) is 16.7 Å². The van der Waals surface area contributed by atoms with E-state index in [0.717, 1.165) is 33.4 Å². The lowest BCUT2D eigenvalue weighted by Gasteiger charge is -2.35. The molecule has 9 rings (SSSR count). The molecule has 0 radical (unpaired) electrons. The summed E-state index contributed by atoms with van der Waals surface area (Å²) < 4.78 is 6.56. The van der Waals surface area contributed by atoms with Crippen LogP contribution in [-0.4, -0.2) is 5.97 Å². The van der Waals surface area contributed by atoms with Gasteiger partial charge < -0.3 is 4.74 Å². The number of ether oxygens (including phenoxy) is 1. The molecule has 258 valence electrons. The minimum Gasteiger partial charge on any atom is -0.441 e. The van der Waals surface area contributed by atoms with E-state index in [2.05, 4.69) is 163 Å². The van der Waals surface area contributed by atoms with Gasteiger partial charge in [-0.1, -0.05) is 139 Å². The summed E-state index contributed by atoms with van der Waals surface area (Å²) in [6.45, 7) is 13.1. The van der Waals surface area contributed by atoms with Gasteiger partial charge in [-0.15, -0.1) is 0 Å². The molecule has 0 aromatic heterocycles. The van der Waals surface area contributed by atoms with Crippen LogP contribution < -0.4 is 0 Å². The predicted octanol–water partition coefficient (Wildman–Crippen LogP) is 12.0. The van der Waals surface area contributed by atoms with Crippen LogP contribution in [0.15, 0.2) is 146 Å². The maximum absolute atomic E-state index is 13.6. The lowest BCUT2D eigenvalue weighted by atomic mass is 9.66. The molecular weight excluding hydrogens is 645 g/mol. The molecule has 2 heteroatoms. The van der Waals surface area contributed by atoms with Crippen LogP contribution in [0.4, 0.5) is 0 Å². The van der Waals surface area contributed by atoms with E-state index in [1.165, 1.54) is 61.2 Å². The minimum absolute atomic E-state index is 0.301. The van der Waals surface area contributed by atoms with Crippen LogP contribution in [0.5, 0.6) is 0 Å². The number of hydrogen-bond donors (Lipinski definition) is 0. The van der Waals surface area contributed by atoms with Crippen LogP contribution in [0.25, 0.3) is 22.3 Å². The second kappa shape index (κ2) is 12.0. The average Bonchev–Trinajstić information content (AvgIpc) is 3.65. The van der Waals surface area contributed by atoms with Crippen molar-refractivity contribution in [3.63, 3.8) is 0 Å². The summed E-state index contributed by atoms with van der Waals surface area (Å²) in [4.78, 5) is 13.6. The van der Waals surface area contributed by atoms with Gasteiger partial charge in [-0.25, -0.2) is 4.79 Å². The fourth-order valence-electron chi connectivity index (χ4n) is 9.02. The van der Waals surface area contributed by atoms with Crippen molar-refractivity contribution in [3.05, 3.63) is 223 Å². The molecule has 0 bridgehead atoms. The molecule has 1 unspecified atom stereocenters. The molecule has 0 spiro atoms. The molecule has 0 amide bonds. The molecule has 7 aromatic rings. The number of benzene rings is 7. The number of esters is 1. The van der Waals surface area contributed by atoms with E-state index in [9.17, 15) is 4.79 Å². The van der Waals surface area contributed by atoms with Crippen LogP contribution in [0.1, 0.15) is 82.7 Å². The van der Waals surface area contributed by atoms with Crippen LogP contribution in [-0.2, 0) is 15.8 Å². The molecule has 1 aliphatic carbocycles. The summed E-state index contributed by atoms with van der Waals surface area (Å²) in [5.74, 6) is -0.301. The Hall–Kier alpha value is -5.99. The van der Waals surface area contributed by atoms with Crippen molar-refractivity contribution in [1.29, 1.82) is 0 Å². The van der Waals surface area contributed by atoms with Crippen molar-refractivity contribution >= 4 is 5.97 Å². The number of rotatable bonds is 5. The molecule has 0 saturated carbocycles. The fourth-order valence-corrected chi connectivity index (χ4v) is 9.02. The lowest BCUT2D eigenvalue weighted by Crippen LogP contribution is -2.29. The Morgan fingerprint density at radius 3 is 1.58 bits per heavy atom. The topological polar surface area (TPSA) is 26.3 Å². The third-order valence-electron chi connectivity index (χ3n) is 12.1. The van der Waals surface area contributed by atoms with Crippen molar-refractivity contribution in [2.75, 3.05) is 0 Å². The first-order chi connectivity index (χ1) is 25.6. The average molecular weight is 687 g/mol. The highest BCUT2D eigenvalue weighted by atomic mass is 16.6. The zero-order chi connectivity index (χ0) is 36.6. The molecule has 1 heterocycles. The second-order valence-electron chi connectivity index (χ2n) is 15.1. The molecule has 1 aliphatic heterocycles. The summed E-state index contributed by atoms with van der Waals surface area (Å²) >= 11 is 0. The van der Waals surface area contributed by atoms with Gasteiger partial charge in [0.1, 0.15) is 0 Å². The Morgan fingerprint density at radius 1 is 0.396 bits per heavy atom. The second-order valence-corrected chi connectivity index (χ2v) is 15.1. The molecule has 2 nitrogen and oxygen atoms in total. The summed E-state index contributed by atoms with van der Waals surface area (Å²) in [5, 5.41) is 0. The molecule has 0 fully saturated rings. The number of carbonyl (C=O) groups is 1. The maximum atomic E-state index is 13.6. The van der Waals surface area contributed by atoms with Crippen molar-refractivity contribution < 1.29 is 9.53 Å². The molecule has 1 atom stereocenters. The van der Waals surface area contributed by atoms with E-state index < -0.39 is 11.0 Å². The Kier molecular flexibility index (Phi) is 7.47. The van der Waals surface area contributed by atoms with E-state index in [4.69, 9.17) is 4.74 Å². The Balaban J connectivity index is 1.35. The first-order valence-electron chi connectivity index (χ1n) is 18.5. The van der Waals surface area contributed by atoms with Crippen LogP contribution in [0.2, 0.25) is 0 Å². The normalized spacial score (nSPS) is 16.5. The Morgan fingerprint density at radius 2 is 0.925 bits per heavy atom. The van der Waals surface area contributed by atoms with Gasteiger partial charge in [0.25, 0.3) is 0 Å².